The number of hydrogen-bond acceptors (Lipinski definition) is 6. The average Bonchev–Trinajstić information content (AvgIpc) is 3.31. The highest BCUT2D eigenvalue weighted by Crippen LogP contribution is 2.39. The summed E-state index contributed by atoms with van der Waals surface area (Å²) < 4.78 is 39.4. The van der Waals surface area contributed by atoms with Crippen LogP contribution in [0.3, 0.4) is 0 Å². The lowest BCUT2D eigenvalue weighted by Crippen LogP contribution is -2.03. The van der Waals surface area contributed by atoms with Gasteiger partial charge in [-0.3, -0.25) is 4.79 Å². The van der Waals surface area contributed by atoms with E-state index in [0.717, 1.165) is 43.4 Å². The molecule has 10 heteroatoms. The minimum Gasteiger partial charge on any atom is -0.481 e. The van der Waals surface area contributed by atoms with Gasteiger partial charge in [-0.2, -0.15) is 13.2 Å². The van der Waals surface area contributed by atoms with Crippen LogP contribution in [0.25, 0.3) is 20.8 Å². The molecule has 0 aliphatic carbocycles. The van der Waals surface area contributed by atoms with E-state index in [4.69, 9.17) is 5.11 Å². The maximum atomic E-state index is 12.8. The van der Waals surface area contributed by atoms with Crippen LogP contribution in [0.5, 0.6) is 0 Å². The van der Waals surface area contributed by atoms with Crippen molar-refractivity contribution in [3.8, 4) is 10.6 Å². The molecule has 0 aliphatic rings. The number of aliphatic carboxylic acids is 1. The van der Waals surface area contributed by atoms with Crippen LogP contribution in [0.15, 0.2) is 41.3 Å². The highest BCUT2D eigenvalue weighted by Gasteiger charge is 2.30. The number of hydrogen-bond donors (Lipinski definition) is 1. The quantitative estimate of drug-likeness (QED) is 0.293. The minimum atomic E-state index is -4.36. The van der Waals surface area contributed by atoms with Gasteiger partial charge >= 0.3 is 12.1 Å². The molecule has 4 aromatic rings. The number of halogens is 3. The van der Waals surface area contributed by atoms with Crippen molar-refractivity contribution in [3.05, 3.63) is 63.1 Å². The zero-order valence-electron chi connectivity index (χ0n) is 17.0. The maximum absolute atomic E-state index is 12.8. The van der Waals surface area contributed by atoms with Crippen LogP contribution in [0.4, 0.5) is 13.2 Å². The summed E-state index contributed by atoms with van der Waals surface area (Å²) in [5, 5.41) is 10.3. The number of thioether (sulfide) groups is 1. The molecule has 0 radical (unpaired) electrons. The third-order valence-corrected chi connectivity index (χ3v) is 8.46. The molecule has 2 aromatic heterocycles. The fourth-order valence-electron chi connectivity index (χ4n) is 3.10. The van der Waals surface area contributed by atoms with Crippen LogP contribution in [0, 0.1) is 13.8 Å². The van der Waals surface area contributed by atoms with Crippen molar-refractivity contribution >= 4 is 50.6 Å². The zero-order chi connectivity index (χ0) is 23.0. The highest BCUT2D eigenvalue weighted by molar-refractivity contribution is 7.99. The van der Waals surface area contributed by atoms with Gasteiger partial charge in [0.25, 0.3) is 0 Å². The van der Waals surface area contributed by atoms with Crippen molar-refractivity contribution in [1.29, 1.82) is 0 Å². The third kappa shape index (κ3) is 4.82. The van der Waals surface area contributed by atoms with Gasteiger partial charge in [0.1, 0.15) is 10.0 Å². The molecule has 0 amide bonds. The standard InChI is InChI=1S/C22H17F3N2O2S3/c1-11-3-8-15(20-19(11)27-17(32-20)9-18(28)29)30-10-16-12(2)26-21(31-16)13-4-6-14(7-5-13)22(23,24)25/h3-8H,9-10H2,1-2H3,(H,28,29). The Hall–Kier alpha value is -2.43. The molecule has 0 saturated heterocycles. The van der Waals surface area contributed by atoms with Crippen LogP contribution in [-0.4, -0.2) is 21.0 Å². The summed E-state index contributed by atoms with van der Waals surface area (Å²) >= 11 is 4.48. The summed E-state index contributed by atoms with van der Waals surface area (Å²) in [5.41, 5.74) is 2.64. The molecule has 0 aliphatic heterocycles. The molecule has 2 heterocycles. The molecule has 0 fully saturated rings. The Labute approximate surface area is 194 Å². The van der Waals surface area contributed by atoms with Gasteiger partial charge in [0.2, 0.25) is 0 Å². The van der Waals surface area contributed by atoms with Gasteiger partial charge < -0.3 is 5.11 Å². The van der Waals surface area contributed by atoms with E-state index in [9.17, 15) is 18.0 Å². The summed E-state index contributed by atoms with van der Waals surface area (Å²) in [6.07, 6.45) is -4.47. The molecule has 0 atom stereocenters. The SMILES string of the molecule is Cc1nc(-c2ccc(C(F)(F)F)cc2)sc1CSc1ccc(C)c2nc(CC(=O)O)sc12. The van der Waals surface area contributed by atoms with Crippen LogP contribution >= 0.6 is 34.4 Å². The van der Waals surface area contributed by atoms with Gasteiger partial charge in [0.05, 0.1) is 27.9 Å². The largest absolute Gasteiger partial charge is 0.481 e. The summed E-state index contributed by atoms with van der Waals surface area (Å²) in [5.74, 6) is -0.263. The number of rotatable bonds is 6. The first-order chi connectivity index (χ1) is 15.1. The predicted molar refractivity (Wildman–Crippen MR) is 123 cm³/mol. The first-order valence-electron chi connectivity index (χ1n) is 9.49. The molecule has 0 spiro atoms. The van der Waals surface area contributed by atoms with E-state index in [1.54, 1.807) is 11.8 Å². The lowest BCUT2D eigenvalue weighted by atomic mass is 10.1. The number of aromatic nitrogens is 2. The monoisotopic (exact) mass is 494 g/mol. The Morgan fingerprint density at radius 2 is 1.78 bits per heavy atom. The van der Waals surface area contributed by atoms with Crippen molar-refractivity contribution in [2.24, 2.45) is 0 Å². The van der Waals surface area contributed by atoms with Crippen LogP contribution in [0.2, 0.25) is 0 Å². The molecule has 1 N–H and O–H groups in total. The Morgan fingerprint density at radius 1 is 1.06 bits per heavy atom. The first kappa shape index (κ1) is 22.8. The summed E-state index contributed by atoms with van der Waals surface area (Å²) in [7, 11) is 0. The number of fused-ring (bicyclic) bond motifs is 1. The second-order valence-corrected chi connectivity index (χ2v) is 10.3. The van der Waals surface area contributed by atoms with E-state index in [-0.39, 0.29) is 6.42 Å². The molecule has 32 heavy (non-hydrogen) atoms. The van der Waals surface area contributed by atoms with Gasteiger partial charge in [0, 0.05) is 21.1 Å². The summed E-state index contributed by atoms with van der Waals surface area (Å²) in [6, 6.07) is 9.02. The molecule has 4 rings (SSSR count). The van der Waals surface area contributed by atoms with E-state index in [1.807, 2.05) is 26.0 Å². The van der Waals surface area contributed by atoms with Gasteiger partial charge in [0.15, 0.2) is 0 Å². The highest BCUT2D eigenvalue weighted by atomic mass is 32.2. The fourth-order valence-corrected chi connectivity index (χ4v) is 6.61. The van der Waals surface area contributed by atoms with E-state index in [2.05, 4.69) is 9.97 Å². The number of benzene rings is 2. The maximum Gasteiger partial charge on any atom is 0.416 e. The van der Waals surface area contributed by atoms with Crippen molar-refractivity contribution < 1.29 is 23.1 Å². The first-order valence-corrected chi connectivity index (χ1v) is 12.1. The van der Waals surface area contributed by atoms with Crippen molar-refractivity contribution in [2.45, 2.75) is 37.1 Å². The van der Waals surface area contributed by atoms with Crippen LogP contribution < -0.4 is 0 Å². The van der Waals surface area contributed by atoms with Crippen molar-refractivity contribution in [1.82, 2.24) is 9.97 Å². The number of aryl methyl sites for hydroxylation is 2. The number of carboxylic acid groups (broad SMARTS) is 1. The predicted octanol–water partition coefficient (Wildman–Crippen LogP) is 6.97. The lowest BCUT2D eigenvalue weighted by Gasteiger charge is -2.06. The Kier molecular flexibility index (Phi) is 6.28. The second kappa shape index (κ2) is 8.84. The lowest BCUT2D eigenvalue weighted by molar-refractivity contribution is -0.138. The molecule has 0 saturated carbocycles. The van der Waals surface area contributed by atoms with Gasteiger partial charge in [-0.15, -0.1) is 34.4 Å². The smallest absolute Gasteiger partial charge is 0.416 e. The van der Waals surface area contributed by atoms with Crippen LogP contribution in [0.1, 0.15) is 26.7 Å². The Morgan fingerprint density at radius 3 is 2.44 bits per heavy atom. The number of carboxylic acids is 1. The number of alkyl halides is 3. The summed E-state index contributed by atoms with van der Waals surface area (Å²) in [6.45, 7) is 3.84. The van der Waals surface area contributed by atoms with Gasteiger partial charge in [-0.25, -0.2) is 9.97 Å². The van der Waals surface area contributed by atoms with Gasteiger partial charge in [-0.1, -0.05) is 18.2 Å². The number of nitrogens with zero attached hydrogens (tertiary/aromatic N) is 2. The molecule has 0 unspecified atom stereocenters. The Bertz CT molecular complexity index is 1290. The zero-order valence-corrected chi connectivity index (χ0v) is 19.4. The molecule has 0 bridgehead atoms. The molecular formula is C22H17F3N2O2S3. The normalized spacial score (nSPS) is 11.9. The third-order valence-electron chi connectivity index (χ3n) is 4.77. The number of thiazole rings is 2. The van der Waals surface area contributed by atoms with Crippen LogP contribution in [-0.2, 0) is 23.1 Å². The second-order valence-electron chi connectivity index (χ2n) is 7.13. The van der Waals surface area contributed by atoms with E-state index < -0.39 is 17.7 Å². The molecule has 4 nitrogen and oxygen atoms in total. The fraction of sp³-hybridized carbons (Fsp3) is 0.227. The molecule has 2 aromatic carbocycles. The Balaban J connectivity index is 1.55. The minimum absolute atomic E-state index is 0.104. The van der Waals surface area contributed by atoms with Crippen molar-refractivity contribution in [3.63, 3.8) is 0 Å². The number of carbonyl (C=O) groups is 1. The van der Waals surface area contributed by atoms with E-state index in [0.29, 0.717) is 21.3 Å². The van der Waals surface area contributed by atoms with E-state index in [1.165, 1.54) is 34.8 Å². The van der Waals surface area contributed by atoms with E-state index >= 15 is 0 Å². The summed E-state index contributed by atoms with van der Waals surface area (Å²) in [4.78, 5) is 22.1. The average molecular weight is 495 g/mol. The molecule has 166 valence electrons. The molecular weight excluding hydrogens is 477 g/mol. The van der Waals surface area contributed by atoms with Gasteiger partial charge in [-0.05, 0) is 37.6 Å². The topological polar surface area (TPSA) is 63.1 Å². The van der Waals surface area contributed by atoms with Crippen molar-refractivity contribution in [2.75, 3.05) is 0 Å².